The molecule has 58 heavy (non-hydrogen) atoms. The van der Waals surface area contributed by atoms with E-state index >= 15 is 0 Å². The molecule has 3 heteroatoms. The molecular formula is C55H38N2O. The minimum atomic E-state index is 0.857. The van der Waals surface area contributed by atoms with Crippen molar-refractivity contribution in [1.82, 2.24) is 4.57 Å². The van der Waals surface area contributed by atoms with Gasteiger partial charge >= 0.3 is 0 Å². The SMILES string of the molecule is Cc1cc(-c2ccccc2)ccc1N(c1ccc(-c2ccccc2)cc1)c1ccc(-c2ccccc2-n2c3ccccc3c3ccccc32)c2oc3ccccc3c12. The van der Waals surface area contributed by atoms with E-state index in [1.54, 1.807) is 0 Å². The zero-order valence-corrected chi connectivity index (χ0v) is 32.0. The summed E-state index contributed by atoms with van der Waals surface area (Å²) in [7, 11) is 0. The molecule has 0 N–H and O–H groups in total. The molecule has 274 valence electrons. The number of benzene rings is 9. The predicted octanol–water partition coefficient (Wildman–Crippen LogP) is 15.5. The Morgan fingerprint density at radius 1 is 0.414 bits per heavy atom. The summed E-state index contributed by atoms with van der Waals surface area (Å²) in [6, 6.07) is 76.0. The second kappa shape index (κ2) is 13.8. The molecular weight excluding hydrogens is 705 g/mol. The van der Waals surface area contributed by atoms with Gasteiger partial charge in [0.15, 0.2) is 0 Å². The molecule has 11 aromatic rings. The van der Waals surface area contributed by atoms with Crippen molar-refractivity contribution in [2.45, 2.75) is 6.92 Å². The summed E-state index contributed by atoms with van der Waals surface area (Å²) in [6.45, 7) is 2.22. The first-order chi connectivity index (χ1) is 28.7. The number of anilines is 3. The van der Waals surface area contributed by atoms with E-state index < -0.39 is 0 Å². The zero-order chi connectivity index (χ0) is 38.6. The maximum absolute atomic E-state index is 7.00. The number of fused-ring (bicyclic) bond motifs is 6. The van der Waals surface area contributed by atoms with Crippen LogP contribution in [0.15, 0.2) is 217 Å². The van der Waals surface area contributed by atoms with Gasteiger partial charge in [0, 0.05) is 38.7 Å². The minimum Gasteiger partial charge on any atom is -0.455 e. The molecule has 0 aliphatic rings. The van der Waals surface area contributed by atoms with Crippen molar-refractivity contribution in [3.8, 4) is 39.1 Å². The van der Waals surface area contributed by atoms with Gasteiger partial charge < -0.3 is 13.9 Å². The van der Waals surface area contributed by atoms with Gasteiger partial charge in [0.05, 0.1) is 27.8 Å². The van der Waals surface area contributed by atoms with Crippen molar-refractivity contribution < 1.29 is 4.42 Å². The molecule has 0 bridgehead atoms. The van der Waals surface area contributed by atoms with E-state index in [4.69, 9.17) is 4.42 Å². The Hall–Kier alpha value is -7.62. The molecule has 2 heterocycles. The Morgan fingerprint density at radius 2 is 0.948 bits per heavy atom. The van der Waals surface area contributed by atoms with Crippen LogP contribution in [0.25, 0.3) is 82.8 Å². The van der Waals surface area contributed by atoms with Crippen LogP contribution >= 0.6 is 0 Å². The van der Waals surface area contributed by atoms with Gasteiger partial charge in [0.25, 0.3) is 0 Å². The highest BCUT2D eigenvalue weighted by atomic mass is 16.3. The molecule has 9 aromatic carbocycles. The molecule has 0 unspecified atom stereocenters. The van der Waals surface area contributed by atoms with Crippen LogP contribution in [-0.2, 0) is 0 Å². The summed E-state index contributed by atoms with van der Waals surface area (Å²) in [4.78, 5) is 2.41. The van der Waals surface area contributed by atoms with Crippen LogP contribution in [0.2, 0.25) is 0 Å². The fraction of sp³-hybridized carbons (Fsp3) is 0.0182. The molecule has 0 aliphatic heterocycles. The number of nitrogens with zero attached hydrogens (tertiary/aromatic N) is 2. The van der Waals surface area contributed by atoms with Crippen LogP contribution in [0.1, 0.15) is 5.56 Å². The predicted molar refractivity (Wildman–Crippen MR) is 244 cm³/mol. The lowest BCUT2D eigenvalue weighted by Gasteiger charge is -2.29. The summed E-state index contributed by atoms with van der Waals surface area (Å²) >= 11 is 0. The molecule has 2 aromatic heterocycles. The third-order valence-corrected chi connectivity index (χ3v) is 11.5. The number of hydrogen-bond donors (Lipinski definition) is 0. The van der Waals surface area contributed by atoms with Crippen LogP contribution in [0.5, 0.6) is 0 Å². The van der Waals surface area contributed by atoms with Gasteiger partial charge in [0.2, 0.25) is 0 Å². The summed E-state index contributed by atoms with van der Waals surface area (Å²) in [5.74, 6) is 0. The Balaban J connectivity index is 1.16. The normalized spacial score (nSPS) is 11.5. The first-order valence-corrected chi connectivity index (χ1v) is 19.9. The number of para-hydroxylation sites is 4. The maximum atomic E-state index is 7.00. The lowest BCUT2D eigenvalue weighted by molar-refractivity contribution is 0.670. The van der Waals surface area contributed by atoms with Gasteiger partial charge in [-0.05, 0) is 95.4 Å². The lowest BCUT2D eigenvalue weighted by atomic mass is 9.97. The second-order valence-corrected chi connectivity index (χ2v) is 14.9. The largest absolute Gasteiger partial charge is 0.455 e. The average molecular weight is 743 g/mol. The molecule has 11 rings (SSSR count). The summed E-state index contributed by atoms with van der Waals surface area (Å²) in [5.41, 5.74) is 16.5. The number of rotatable bonds is 7. The Kier molecular flexibility index (Phi) is 8.04. The van der Waals surface area contributed by atoms with E-state index in [9.17, 15) is 0 Å². The molecule has 0 spiro atoms. The van der Waals surface area contributed by atoms with Gasteiger partial charge in [-0.25, -0.2) is 0 Å². The number of hydrogen-bond acceptors (Lipinski definition) is 2. The Morgan fingerprint density at radius 3 is 1.64 bits per heavy atom. The first kappa shape index (κ1) is 33.7. The molecule has 0 atom stereocenters. The van der Waals surface area contributed by atoms with Crippen molar-refractivity contribution >= 4 is 60.8 Å². The molecule has 0 fully saturated rings. The molecule has 0 radical (unpaired) electrons. The van der Waals surface area contributed by atoms with Gasteiger partial charge in [-0.1, -0.05) is 152 Å². The summed E-state index contributed by atoms with van der Waals surface area (Å²) in [5, 5.41) is 4.62. The van der Waals surface area contributed by atoms with Gasteiger partial charge in [0.1, 0.15) is 11.2 Å². The van der Waals surface area contributed by atoms with Crippen molar-refractivity contribution in [2.75, 3.05) is 4.90 Å². The van der Waals surface area contributed by atoms with Crippen LogP contribution in [-0.4, -0.2) is 4.57 Å². The molecule has 0 amide bonds. The van der Waals surface area contributed by atoms with Crippen LogP contribution < -0.4 is 4.90 Å². The standard InChI is InChI=1S/C55H38N2O/c1-37-36-41(39-18-6-3-7-19-39)30-34-48(37)56(42-31-28-40(29-32-42)38-16-4-2-5-17-38)52-35-33-46(55-54(52)47-23-11-15-27-53(47)58-55)45-22-10-14-26-51(45)57-49-24-12-8-20-43(49)44-21-9-13-25-50(44)57/h2-36H,1H3. The van der Waals surface area contributed by atoms with Crippen LogP contribution in [0.4, 0.5) is 17.1 Å². The fourth-order valence-electron chi connectivity index (χ4n) is 8.85. The highest BCUT2D eigenvalue weighted by Gasteiger charge is 2.25. The van der Waals surface area contributed by atoms with E-state index in [1.165, 1.54) is 49.6 Å². The molecule has 0 saturated heterocycles. The highest BCUT2D eigenvalue weighted by Crippen LogP contribution is 2.48. The first-order valence-electron chi connectivity index (χ1n) is 19.9. The van der Waals surface area contributed by atoms with Crippen molar-refractivity contribution in [3.63, 3.8) is 0 Å². The van der Waals surface area contributed by atoms with Crippen molar-refractivity contribution in [1.29, 1.82) is 0 Å². The number of aryl methyl sites for hydroxylation is 1. The molecule has 0 saturated carbocycles. The van der Waals surface area contributed by atoms with E-state index in [0.29, 0.717) is 0 Å². The third kappa shape index (κ3) is 5.51. The van der Waals surface area contributed by atoms with Crippen LogP contribution in [0.3, 0.4) is 0 Å². The Labute approximate surface area is 337 Å². The summed E-state index contributed by atoms with van der Waals surface area (Å²) in [6.07, 6.45) is 0. The Bertz CT molecular complexity index is 3230. The molecule has 0 aliphatic carbocycles. The van der Waals surface area contributed by atoms with Crippen molar-refractivity contribution in [2.24, 2.45) is 0 Å². The van der Waals surface area contributed by atoms with Gasteiger partial charge in [-0.3, -0.25) is 0 Å². The van der Waals surface area contributed by atoms with E-state index in [2.05, 4.69) is 229 Å². The third-order valence-electron chi connectivity index (χ3n) is 11.5. The highest BCUT2D eigenvalue weighted by molar-refractivity contribution is 6.18. The summed E-state index contributed by atoms with van der Waals surface area (Å²) < 4.78 is 9.40. The van der Waals surface area contributed by atoms with Crippen LogP contribution in [0, 0.1) is 6.92 Å². The monoisotopic (exact) mass is 742 g/mol. The van der Waals surface area contributed by atoms with Crippen molar-refractivity contribution in [3.05, 3.63) is 218 Å². The quantitative estimate of drug-likeness (QED) is 0.162. The van der Waals surface area contributed by atoms with E-state index in [0.717, 1.165) is 55.8 Å². The average Bonchev–Trinajstić information content (AvgIpc) is 3.85. The van der Waals surface area contributed by atoms with Gasteiger partial charge in [-0.2, -0.15) is 0 Å². The molecule has 3 nitrogen and oxygen atoms in total. The van der Waals surface area contributed by atoms with E-state index in [-0.39, 0.29) is 0 Å². The number of aromatic nitrogens is 1. The lowest BCUT2D eigenvalue weighted by Crippen LogP contribution is -2.12. The number of furan rings is 1. The van der Waals surface area contributed by atoms with E-state index in [1.807, 2.05) is 0 Å². The zero-order valence-electron chi connectivity index (χ0n) is 32.0. The maximum Gasteiger partial charge on any atom is 0.145 e. The fourth-order valence-corrected chi connectivity index (χ4v) is 8.85. The van der Waals surface area contributed by atoms with Gasteiger partial charge in [-0.15, -0.1) is 0 Å². The smallest absolute Gasteiger partial charge is 0.145 e. The minimum absolute atomic E-state index is 0.857. The second-order valence-electron chi connectivity index (χ2n) is 14.9. The topological polar surface area (TPSA) is 21.3 Å².